The summed E-state index contributed by atoms with van der Waals surface area (Å²) in [7, 11) is 1.76. The van der Waals surface area contributed by atoms with Crippen LogP contribution in [0.3, 0.4) is 0 Å². The molecule has 2 heterocycles. The molecular formula is C21H28N6O. The zero-order chi connectivity index (χ0) is 20.0. The van der Waals surface area contributed by atoms with Gasteiger partial charge in [0.2, 0.25) is 0 Å². The molecule has 7 heteroatoms. The molecule has 0 unspecified atom stereocenters. The fourth-order valence-corrected chi connectivity index (χ4v) is 2.83. The van der Waals surface area contributed by atoms with E-state index >= 15 is 0 Å². The van der Waals surface area contributed by atoms with Crippen LogP contribution in [0.2, 0.25) is 0 Å². The zero-order valence-electron chi connectivity index (χ0n) is 16.9. The average molecular weight is 380 g/mol. The Balaban J connectivity index is 1.54. The van der Waals surface area contributed by atoms with Gasteiger partial charge in [-0.3, -0.25) is 9.39 Å². The molecule has 0 saturated heterocycles. The summed E-state index contributed by atoms with van der Waals surface area (Å²) in [6.45, 7) is 7.47. The van der Waals surface area contributed by atoms with Crippen molar-refractivity contribution in [1.29, 1.82) is 0 Å². The van der Waals surface area contributed by atoms with E-state index in [1.807, 2.05) is 67.8 Å². The number of nitrogens with zero attached hydrogens (tertiary/aromatic N) is 4. The Morgan fingerprint density at radius 2 is 1.86 bits per heavy atom. The van der Waals surface area contributed by atoms with E-state index in [0.717, 1.165) is 35.2 Å². The minimum absolute atomic E-state index is 0.239. The molecular weight excluding hydrogens is 352 g/mol. The van der Waals surface area contributed by atoms with E-state index in [0.29, 0.717) is 13.1 Å². The SMILES string of the molecule is CN=C(NCCc1nnc2ccccn12)NCc1ccccc1OC(C)(C)C. The molecule has 28 heavy (non-hydrogen) atoms. The molecule has 2 N–H and O–H groups in total. The third kappa shape index (κ3) is 5.22. The number of hydrogen-bond acceptors (Lipinski definition) is 4. The van der Waals surface area contributed by atoms with Gasteiger partial charge >= 0.3 is 0 Å². The summed E-state index contributed by atoms with van der Waals surface area (Å²) in [6.07, 6.45) is 2.72. The molecule has 1 aromatic carbocycles. The van der Waals surface area contributed by atoms with Gasteiger partial charge in [-0.2, -0.15) is 0 Å². The maximum atomic E-state index is 6.05. The second-order valence-electron chi connectivity index (χ2n) is 7.47. The monoisotopic (exact) mass is 380 g/mol. The van der Waals surface area contributed by atoms with E-state index in [2.05, 4.69) is 31.9 Å². The first-order valence-electron chi connectivity index (χ1n) is 9.46. The van der Waals surface area contributed by atoms with Gasteiger partial charge in [0.1, 0.15) is 17.2 Å². The maximum Gasteiger partial charge on any atom is 0.191 e. The number of aliphatic imine (C=N–C) groups is 1. The van der Waals surface area contributed by atoms with Gasteiger partial charge in [-0.25, -0.2) is 0 Å². The fourth-order valence-electron chi connectivity index (χ4n) is 2.83. The van der Waals surface area contributed by atoms with Gasteiger partial charge in [-0.05, 0) is 39.0 Å². The van der Waals surface area contributed by atoms with Gasteiger partial charge in [-0.15, -0.1) is 10.2 Å². The minimum Gasteiger partial charge on any atom is -0.488 e. The first-order valence-corrected chi connectivity index (χ1v) is 9.46. The van der Waals surface area contributed by atoms with Crippen molar-refractivity contribution in [3.63, 3.8) is 0 Å². The fraction of sp³-hybridized carbons (Fsp3) is 0.381. The topological polar surface area (TPSA) is 75.8 Å². The number of para-hydroxylation sites is 1. The molecule has 0 aliphatic heterocycles. The van der Waals surface area contributed by atoms with Crippen LogP contribution in [-0.4, -0.2) is 39.8 Å². The Bertz CT molecular complexity index is 941. The van der Waals surface area contributed by atoms with Crippen LogP contribution >= 0.6 is 0 Å². The number of rotatable bonds is 6. The lowest BCUT2D eigenvalue weighted by atomic mass is 10.1. The molecule has 0 spiro atoms. The summed E-state index contributed by atoms with van der Waals surface area (Å²) in [5.41, 5.74) is 1.70. The molecule has 0 aliphatic rings. The highest BCUT2D eigenvalue weighted by Gasteiger charge is 2.14. The summed E-state index contributed by atoms with van der Waals surface area (Å²) in [4.78, 5) is 4.30. The van der Waals surface area contributed by atoms with Crippen molar-refractivity contribution >= 4 is 11.6 Å². The number of fused-ring (bicyclic) bond motifs is 1. The molecule has 7 nitrogen and oxygen atoms in total. The molecule has 3 aromatic rings. The van der Waals surface area contributed by atoms with Crippen LogP contribution in [0.15, 0.2) is 53.7 Å². The second kappa shape index (κ2) is 8.73. The third-order valence-corrected chi connectivity index (χ3v) is 4.08. The van der Waals surface area contributed by atoms with E-state index in [9.17, 15) is 0 Å². The number of benzene rings is 1. The van der Waals surface area contributed by atoms with Crippen LogP contribution in [0.5, 0.6) is 5.75 Å². The molecule has 0 bridgehead atoms. The Morgan fingerprint density at radius 3 is 2.64 bits per heavy atom. The number of aromatic nitrogens is 3. The van der Waals surface area contributed by atoms with Crippen LogP contribution in [0, 0.1) is 0 Å². The number of pyridine rings is 1. The number of ether oxygens (including phenoxy) is 1. The van der Waals surface area contributed by atoms with Crippen molar-refractivity contribution in [2.45, 2.75) is 39.3 Å². The second-order valence-corrected chi connectivity index (χ2v) is 7.47. The van der Waals surface area contributed by atoms with Gasteiger partial charge in [0.15, 0.2) is 11.6 Å². The molecule has 0 amide bonds. The van der Waals surface area contributed by atoms with Crippen LogP contribution < -0.4 is 15.4 Å². The average Bonchev–Trinajstić information content (AvgIpc) is 3.07. The number of guanidine groups is 1. The molecule has 0 radical (unpaired) electrons. The number of hydrogen-bond donors (Lipinski definition) is 2. The Kier molecular flexibility index (Phi) is 6.13. The van der Waals surface area contributed by atoms with Crippen LogP contribution in [0.4, 0.5) is 0 Å². The van der Waals surface area contributed by atoms with E-state index < -0.39 is 0 Å². The molecule has 2 aromatic heterocycles. The molecule has 0 aliphatic carbocycles. The van der Waals surface area contributed by atoms with Gasteiger partial charge in [0.05, 0.1) is 0 Å². The summed E-state index contributed by atoms with van der Waals surface area (Å²) in [5, 5.41) is 15.1. The highest BCUT2D eigenvalue weighted by molar-refractivity contribution is 5.79. The van der Waals surface area contributed by atoms with E-state index in [4.69, 9.17) is 4.74 Å². The normalized spacial score (nSPS) is 12.2. The van der Waals surface area contributed by atoms with Crippen molar-refractivity contribution in [2.75, 3.05) is 13.6 Å². The molecule has 148 valence electrons. The van der Waals surface area contributed by atoms with Gasteiger partial charge in [0, 0.05) is 38.3 Å². The van der Waals surface area contributed by atoms with Crippen molar-refractivity contribution in [1.82, 2.24) is 25.2 Å². The molecule has 0 saturated carbocycles. The van der Waals surface area contributed by atoms with Gasteiger partial charge in [0.25, 0.3) is 0 Å². The highest BCUT2D eigenvalue weighted by Crippen LogP contribution is 2.22. The van der Waals surface area contributed by atoms with Crippen molar-refractivity contribution in [2.24, 2.45) is 4.99 Å². The predicted molar refractivity (Wildman–Crippen MR) is 112 cm³/mol. The lowest BCUT2D eigenvalue weighted by Crippen LogP contribution is -2.38. The predicted octanol–water partition coefficient (Wildman–Crippen LogP) is 2.81. The quantitative estimate of drug-likeness (QED) is 0.508. The third-order valence-electron chi connectivity index (χ3n) is 4.08. The lowest BCUT2D eigenvalue weighted by molar-refractivity contribution is 0.129. The standard InChI is InChI=1S/C21H28N6O/c1-21(2,3)28-17-10-6-5-9-16(17)15-24-20(22-4)23-13-12-19-26-25-18-11-7-8-14-27(18)19/h5-11,14H,12-13,15H2,1-4H3,(H2,22,23,24). The Morgan fingerprint density at radius 1 is 1.07 bits per heavy atom. The van der Waals surface area contributed by atoms with E-state index in [1.165, 1.54) is 0 Å². The van der Waals surface area contributed by atoms with E-state index in [1.54, 1.807) is 7.05 Å². The summed E-state index contributed by atoms with van der Waals surface area (Å²) >= 11 is 0. The van der Waals surface area contributed by atoms with Crippen molar-refractivity contribution in [3.8, 4) is 5.75 Å². The Labute approximate surface area is 165 Å². The van der Waals surface area contributed by atoms with Crippen LogP contribution in [0.25, 0.3) is 5.65 Å². The number of nitrogens with one attached hydrogen (secondary N) is 2. The summed E-state index contributed by atoms with van der Waals surface area (Å²) in [6, 6.07) is 13.9. The summed E-state index contributed by atoms with van der Waals surface area (Å²) in [5.74, 6) is 2.54. The first-order chi connectivity index (χ1) is 13.5. The first kappa shape index (κ1) is 19.7. The van der Waals surface area contributed by atoms with Gasteiger partial charge in [-0.1, -0.05) is 24.3 Å². The lowest BCUT2D eigenvalue weighted by Gasteiger charge is -2.23. The minimum atomic E-state index is -0.239. The van der Waals surface area contributed by atoms with Crippen LogP contribution in [-0.2, 0) is 13.0 Å². The van der Waals surface area contributed by atoms with E-state index in [-0.39, 0.29) is 5.60 Å². The smallest absolute Gasteiger partial charge is 0.191 e. The molecule has 0 fully saturated rings. The zero-order valence-corrected chi connectivity index (χ0v) is 16.9. The molecule has 0 atom stereocenters. The summed E-state index contributed by atoms with van der Waals surface area (Å²) < 4.78 is 8.05. The molecule has 3 rings (SSSR count). The highest BCUT2D eigenvalue weighted by atomic mass is 16.5. The maximum absolute atomic E-state index is 6.05. The van der Waals surface area contributed by atoms with Crippen molar-refractivity contribution in [3.05, 3.63) is 60.0 Å². The van der Waals surface area contributed by atoms with Crippen molar-refractivity contribution < 1.29 is 4.74 Å². The largest absolute Gasteiger partial charge is 0.488 e. The van der Waals surface area contributed by atoms with Gasteiger partial charge < -0.3 is 15.4 Å². The Hall–Kier alpha value is -3.09. The van der Waals surface area contributed by atoms with Crippen LogP contribution in [0.1, 0.15) is 32.2 Å².